The molecule has 0 bridgehead atoms. The van der Waals surface area contributed by atoms with Gasteiger partial charge in [0.05, 0.1) is 15.3 Å². The molecule has 0 atom stereocenters. The number of hydrazine groups is 1. The van der Waals surface area contributed by atoms with E-state index in [4.69, 9.17) is 4.74 Å². The van der Waals surface area contributed by atoms with Crippen LogP contribution in [0.2, 0.25) is 0 Å². The van der Waals surface area contributed by atoms with Crippen molar-refractivity contribution in [3.05, 3.63) is 56.7 Å². The molecule has 0 aliphatic heterocycles. The molecule has 110 valence electrons. The molecule has 2 aromatic rings. The third-order valence-electron chi connectivity index (χ3n) is 2.46. The average Bonchev–Trinajstić information content (AvgIpc) is 2.92. The fraction of sp³-hybridized carbons (Fsp3) is 0.143. The standard InChI is InChI=1S/C14H13BrN2O3S/c15-12-7-6-11(21-12)14(19)17-16-13(18)9-20-8-10-4-2-1-3-5-10/h1-7H,8-9H2,(H,16,18)(H,17,19). The van der Waals surface area contributed by atoms with Gasteiger partial charge in [-0.25, -0.2) is 0 Å². The van der Waals surface area contributed by atoms with Gasteiger partial charge in [-0.3, -0.25) is 20.4 Å². The van der Waals surface area contributed by atoms with E-state index in [1.807, 2.05) is 30.3 Å². The molecule has 7 heteroatoms. The number of hydrogen-bond donors (Lipinski definition) is 2. The third kappa shape index (κ3) is 5.30. The maximum absolute atomic E-state index is 11.7. The van der Waals surface area contributed by atoms with E-state index in [1.54, 1.807) is 12.1 Å². The molecule has 2 N–H and O–H groups in total. The Balaban J connectivity index is 1.67. The van der Waals surface area contributed by atoms with Crippen molar-refractivity contribution in [3.63, 3.8) is 0 Å². The van der Waals surface area contributed by atoms with Gasteiger partial charge >= 0.3 is 0 Å². The van der Waals surface area contributed by atoms with Crippen LogP contribution in [0.3, 0.4) is 0 Å². The second-order valence-corrected chi connectivity index (χ2v) is 6.55. The lowest BCUT2D eigenvalue weighted by atomic mass is 10.2. The molecule has 0 radical (unpaired) electrons. The molecule has 0 fully saturated rings. The zero-order valence-corrected chi connectivity index (χ0v) is 13.4. The quantitative estimate of drug-likeness (QED) is 0.796. The summed E-state index contributed by atoms with van der Waals surface area (Å²) in [5.41, 5.74) is 5.62. The Morgan fingerprint density at radius 3 is 2.52 bits per heavy atom. The van der Waals surface area contributed by atoms with Gasteiger partial charge in [0.2, 0.25) is 0 Å². The van der Waals surface area contributed by atoms with Crippen molar-refractivity contribution in [1.29, 1.82) is 0 Å². The van der Waals surface area contributed by atoms with Crippen molar-refractivity contribution in [2.75, 3.05) is 6.61 Å². The van der Waals surface area contributed by atoms with Crippen LogP contribution in [-0.4, -0.2) is 18.4 Å². The van der Waals surface area contributed by atoms with Crippen molar-refractivity contribution in [2.45, 2.75) is 6.61 Å². The van der Waals surface area contributed by atoms with Crippen molar-refractivity contribution >= 4 is 39.1 Å². The van der Waals surface area contributed by atoms with E-state index in [0.29, 0.717) is 11.5 Å². The number of halogens is 1. The second kappa shape index (κ2) is 7.92. The number of hydrogen-bond acceptors (Lipinski definition) is 4. The zero-order valence-electron chi connectivity index (χ0n) is 11.0. The van der Waals surface area contributed by atoms with E-state index in [0.717, 1.165) is 9.35 Å². The molecular formula is C14H13BrN2O3S. The van der Waals surface area contributed by atoms with Gasteiger partial charge in [-0.2, -0.15) is 0 Å². The Labute approximate surface area is 134 Å². The number of carbonyl (C=O) groups excluding carboxylic acids is 2. The van der Waals surface area contributed by atoms with Crippen molar-refractivity contribution < 1.29 is 14.3 Å². The molecule has 0 aliphatic carbocycles. The summed E-state index contributed by atoms with van der Waals surface area (Å²) in [6.07, 6.45) is 0. The summed E-state index contributed by atoms with van der Waals surface area (Å²) in [6, 6.07) is 13.0. The number of amides is 2. The highest BCUT2D eigenvalue weighted by Crippen LogP contribution is 2.21. The number of ether oxygens (including phenoxy) is 1. The van der Waals surface area contributed by atoms with Gasteiger partial charge in [-0.15, -0.1) is 11.3 Å². The Hall–Kier alpha value is -1.70. The van der Waals surface area contributed by atoms with Crippen LogP contribution in [0.15, 0.2) is 46.3 Å². The molecular weight excluding hydrogens is 356 g/mol. The topological polar surface area (TPSA) is 67.4 Å². The van der Waals surface area contributed by atoms with Crippen LogP contribution >= 0.6 is 27.3 Å². The number of rotatable bonds is 5. The monoisotopic (exact) mass is 368 g/mol. The van der Waals surface area contributed by atoms with Crippen LogP contribution in [0.25, 0.3) is 0 Å². The summed E-state index contributed by atoms with van der Waals surface area (Å²) in [4.78, 5) is 23.7. The van der Waals surface area contributed by atoms with Crippen LogP contribution in [-0.2, 0) is 16.1 Å². The highest BCUT2D eigenvalue weighted by molar-refractivity contribution is 9.11. The Morgan fingerprint density at radius 1 is 1.10 bits per heavy atom. The van der Waals surface area contributed by atoms with E-state index in [-0.39, 0.29) is 12.5 Å². The summed E-state index contributed by atoms with van der Waals surface area (Å²) in [5.74, 6) is -0.767. The minimum Gasteiger partial charge on any atom is -0.367 e. The third-order valence-corrected chi connectivity index (χ3v) is 4.08. The van der Waals surface area contributed by atoms with Gasteiger partial charge in [0.1, 0.15) is 6.61 Å². The average molecular weight is 369 g/mol. The van der Waals surface area contributed by atoms with Crippen LogP contribution in [0.4, 0.5) is 0 Å². The minimum absolute atomic E-state index is 0.122. The van der Waals surface area contributed by atoms with E-state index in [2.05, 4.69) is 26.8 Å². The second-order valence-electron chi connectivity index (χ2n) is 4.08. The molecule has 1 heterocycles. The summed E-state index contributed by atoms with van der Waals surface area (Å²) >= 11 is 4.55. The first-order chi connectivity index (χ1) is 10.1. The van der Waals surface area contributed by atoms with Gasteiger partial charge in [-0.1, -0.05) is 30.3 Å². The van der Waals surface area contributed by atoms with Gasteiger partial charge in [0.15, 0.2) is 0 Å². The maximum Gasteiger partial charge on any atom is 0.279 e. The zero-order chi connectivity index (χ0) is 15.1. The SMILES string of the molecule is O=C(COCc1ccccc1)NNC(=O)c1ccc(Br)s1. The van der Waals surface area contributed by atoms with Gasteiger partial charge in [-0.05, 0) is 33.6 Å². The van der Waals surface area contributed by atoms with Crippen molar-refractivity contribution in [2.24, 2.45) is 0 Å². The summed E-state index contributed by atoms with van der Waals surface area (Å²) in [7, 11) is 0. The number of thiophene rings is 1. The Kier molecular flexibility index (Phi) is 5.91. The molecule has 0 unspecified atom stereocenters. The Bertz CT molecular complexity index is 616. The minimum atomic E-state index is -0.407. The van der Waals surface area contributed by atoms with Crippen molar-refractivity contribution in [3.8, 4) is 0 Å². The Morgan fingerprint density at radius 2 is 1.86 bits per heavy atom. The lowest BCUT2D eigenvalue weighted by Gasteiger charge is -2.07. The first-order valence-electron chi connectivity index (χ1n) is 6.11. The highest BCUT2D eigenvalue weighted by Gasteiger charge is 2.09. The molecule has 0 saturated carbocycles. The van der Waals surface area contributed by atoms with Crippen LogP contribution in [0.1, 0.15) is 15.2 Å². The fourth-order valence-electron chi connectivity index (χ4n) is 1.50. The molecule has 2 amide bonds. The van der Waals surface area contributed by atoms with E-state index < -0.39 is 5.91 Å². The van der Waals surface area contributed by atoms with E-state index >= 15 is 0 Å². The number of benzene rings is 1. The predicted molar refractivity (Wildman–Crippen MR) is 83.7 cm³/mol. The largest absolute Gasteiger partial charge is 0.367 e. The fourth-order valence-corrected chi connectivity index (χ4v) is 2.78. The number of carbonyl (C=O) groups is 2. The summed E-state index contributed by atoms with van der Waals surface area (Å²) in [6.45, 7) is 0.226. The van der Waals surface area contributed by atoms with Crippen LogP contribution in [0.5, 0.6) is 0 Å². The lowest BCUT2D eigenvalue weighted by Crippen LogP contribution is -2.43. The van der Waals surface area contributed by atoms with Crippen molar-refractivity contribution in [1.82, 2.24) is 10.9 Å². The molecule has 0 saturated heterocycles. The smallest absolute Gasteiger partial charge is 0.279 e. The molecule has 0 spiro atoms. The summed E-state index contributed by atoms with van der Waals surface area (Å²) in [5, 5.41) is 0. The summed E-state index contributed by atoms with van der Waals surface area (Å²) < 4.78 is 6.11. The maximum atomic E-state index is 11.7. The first kappa shape index (κ1) is 15.7. The normalized spacial score (nSPS) is 10.1. The highest BCUT2D eigenvalue weighted by atomic mass is 79.9. The first-order valence-corrected chi connectivity index (χ1v) is 7.72. The molecule has 0 aliphatic rings. The molecule has 21 heavy (non-hydrogen) atoms. The van der Waals surface area contributed by atoms with Crippen LogP contribution in [0, 0.1) is 0 Å². The molecule has 5 nitrogen and oxygen atoms in total. The molecule has 1 aromatic carbocycles. The number of nitrogens with one attached hydrogen (secondary N) is 2. The van der Waals surface area contributed by atoms with E-state index in [1.165, 1.54) is 11.3 Å². The van der Waals surface area contributed by atoms with Gasteiger partial charge in [0, 0.05) is 0 Å². The molecule has 2 rings (SSSR count). The van der Waals surface area contributed by atoms with Crippen LogP contribution < -0.4 is 10.9 Å². The lowest BCUT2D eigenvalue weighted by molar-refractivity contribution is -0.126. The van der Waals surface area contributed by atoms with Gasteiger partial charge in [0.25, 0.3) is 11.8 Å². The predicted octanol–water partition coefficient (Wildman–Crippen LogP) is 2.49. The van der Waals surface area contributed by atoms with Gasteiger partial charge < -0.3 is 4.74 Å². The molecule has 1 aromatic heterocycles. The van der Waals surface area contributed by atoms with E-state index in [9.17, 15) is 9.59 Å².